The first-order chi connectivity index (χ1) is 6.74. The highest BCUT2D eigenvalue weighted by Gasteiger charge is 2.14. The zero-order valence-corrected chi connectivity index (χ0v) is 7.67. The number of benzene rings is 1. The van der Waals surface area contributed by atoms with Crippen molar-refractivity contribution in [1.82, 2.24) is 9.97 Å². The van der Waals surface area contributed by atoms with E-state index in [4.69, 9.17) is 16.9 Å². The van der Waals surface area contributed by atoms with Gasteiger partial charge in [0, 0.05) is 0 Å². The van der Waals surface area contributed by atoms with Crippen LogP contribution in [0.15, 0.2) is 18.5 Å². The standard InChI is InChI=1S/C9H4ClN3O/c10-9(14)7-5(3-11)1-2-6-8(7)13-4-12-6/h1-2,4H,(H,12,13). The van der Waals surface area contributed by atoms with Gasteiger partial charge in [0.2, 0.25) is 0 Å². The maximum atomic E-state index is 11.1. The molecule has 1 N–H and O–H groups in total. The van der Waals surface area contributed by atoms with Crippen molar-refractivity contribution in [3.05, 3.63) is 29.6 Å². The molecule has 0 saturated heterocycles. The number of fused-ring (bicyclic) bond motifs is 1. The molecule has 0 aliphatic rings. The molecular weight excluding hydrogens is 202 g/mol. The van der Waals surface area contributed by atoms with Gasteiger partial charge >= 0.3 is 0 Å². The smallest absolute Gasteiger partial charge is 0.255 e. The Morgan fingerprint density at radius 2 is 2.36 bits per heavy atom. The minimum Gasteiger partial charge on any atom is -0.345 e. The lowest BCUT2D eigenvalue weighted by Crippen LogP contribution is -1.95. The van der Waals surface area contributed by atoms with Gasteiger partial charge in [-0.1, -0.05) is 0 Å². The maximum absolute atomic E-state index is 11.1. The fraction of sp³-hybridized carbons (Fsp3) is 0. The Morgan fingerprint density at radius 1 is 1.57 bits per heavy atom. The summed E-state index contributed by atoms with van der Waals surface area (Å²) in [7, 11) is 0. The van der Waals surface area contributed by atoms with E-state index in [9.17, 15) is 4.79 Å². The third-order valence-electron chi connectivity index (χ3n) is 1.91. The molecule has 0 unspecified atom stereocenters. The van der Waals surface area contributed by atoms with Gasteiger partial charge in [-0.25, -0.2) is 4.98 Å². The van der Waals surface area contributed by atoms with Crippen LogP contribution in [-0.2, 0) is 0 Å². The second kappa shape index (κ2) is 3.13. The molecule has 2 rings (SSSR count). The third-order valence-corrected chi connectivity index (χ3v) is 2.10. The van der Waals surface area contributed by atoms with Gasteiger partial charge < -0.3 is 4.98 Å². The monoisotopic (exact) mass is 205 g/mol. The molecule has 0 amide bonds. The van der Waals surface area contributed by atoms with E-state index in [0.29, 0.717) is 11.0 Å². The van der Waals surface area contributed by atoms with Gasteiger partial charge in [0.05, 0.1) is 23.0 Å². The van der Waals surface area contributed by atoms with Gasteiger partial charge in [-0.2, -0.15) is 5.26 Å². The average Bonchev–Trinajstić information content (AvgIpc) is 2.62. The molecule has 1 heterocycles. The summed E-state index contributed by atoms with van der Waals surface area (Å²) in [5.41, 5.74) is 1.52. The lowest BCUT2D eigenvalue weighted by Gasteiger charge is -1.97. The molecule has 1 aromatic carbocycles. The molecule has 68 valence electrons. The number of imidazole rings is 1. The Balaban J connectivity index is 2.91. The molecule has 0 aliphatic heterocycles. The first-order valence-electron chi connectivity index (χ1n) is 3.80. The molecule has 0 spiro atoms. The van der Waals surface area contributed by atoms with Crippen molar-refractivity contribution < 1.29 is 4.79 Å². The summed E-state index contributed by atoms with van der Waals surface area (Å²) in [6.07, 6.45) is 1.45. The first kappa shape index (κ1) is 8.73. The summed E-state index contributed by atoms with van der Waals surface area (Å²) < 4.78 is 0. The highest BCUT2D eigenvalue weighted by molar-refractivity contribution is 6.68. The Morgan fingerprint density at radius 3 is 3.00 bits per heavy atom. The molecule has 0 aliphatic carbocycles. The van der Waals surface area contributed by atoms with E-state index in [1.54, 1.807) is 6.07 Å². The lowest BCUT2D eigenvalue weighted by atomic mass is 10.1. The number of aromatic nitrogens is 2. The molecule has 0 fully saturated rings. The fourth-order valence-corrected chi connectivity index (χ4v) is 1.49. The van der Waals surface area contributed by atoms with Crippen molar-refractivity contribution in [2.75, 3.05) is 0 Å². The van der Waals surface area contributed by atoms with E-state index in [2.05, 4.69) is 9.97 Å². The summed E-state index contributed by atoms with van der Waals surface area (Å²) in [6.45, 7) is 0. The van der Waals surface area contributed by atoms with Crippen LogP contribution in [-0.4, -0.2) is 15.2 Å². The number of hydrogen-bond donors (Lipinski definition) is 1. The minimum atomic E-state index is -0.667. The lowest BCUT2D eigenvalue weighted by molar-refractivity contribution is 0.108. The highest BCUT2D eigenvalue weighted by atomic mass is 35.5. The van der Waals surface area contributed by atoms with Crippen molar-refractivity contribution in [3.8, 4) is 6.07 Å². The Bertz CT molecular complexity index is 553. The van der Waals surface area contributed by atoms with Crippen LogP contribution in [0.25, 0.3) is 11.0 Å². The second-order valence-corrected chi connectivity index (χ2v) is 3.02. The number of nitrogens with one attached hydrogen (secondary N) is 1. The third kappa shape index (κ3) is 1.15. The number of hydrogen-bond acceptors (Lipinski definition) is 3. The first-order valence-corrected chi connectivity index (χ1v) is 4.18. The van der Waals surface area contributed by atoms with Crippen molar-refractivity contribution in [2.45, 2.75) is 0 Å². The zero-order chi connectivity index (χ0) is 10.1. The Kier molecular flexibility index (Phi) is 1.95. The van der Waals surface area contributed by atoms with Crippen LogP contribution in [0.3, 0.4) is 0 Å². The largest absolute Gasteiger partial charge is 0.345 e. The SMILES string of the molecule is N#Cc1ccc2[nH]cnc2c1C(=O)Cl. The number of rotatable bonds is 1. The van der Waals surface area contributed by atoms with Crippen LogP contribution < -0.4 is 0 Å². The highest BCUT2D eigenvalue weighted by Crippen LogP contribution is 2.20. The minimum absolute atomic E-state index is 0.160. The average molecular weight is 206 g/mol. The quantitative estimate of drug-likeness (QED) is 0.722. The number of nitrogens with zero attached hydrogens (tertiary/aromatic N) is 2. The summed E-state index contributed by atoms with van der Waals surface area (Å²) in [4.78, 5) is 17.9. The Hall–Kier alpha value is -1.86. The van der Waals surface area contributed by atoms with Gasteiger partial charge in [0.15, 0.2) is 0 Å². The molecule has 5 heteroatoms. The number of H-pyrrole nitrogens is 1. The van der Waals surface area contributed by atoms with Crippen LogP contribution in [0.4, 0.5) is 0 Å². The fourth-order valence-electron chi connectivity index (χ4n) is 1.30. The van der Waals surface area contributed by atoms with E-state index >= 15 is 0 Å². The normalized spacial score (nSPS) is 10.0. The van der Waals surface area contributed by atoms with Crippen LogP contribution in [0.2, 0.25) is 0 Å². The zero-order valence-electron chi connectivity index (χ0n) is 6.91. The molecule has 0 bridgehead atoms. The van der Waals surface area contributed by atoms with Crippen molar-refractivity contribution in [1.29, 1.82) is 5.26 Å². The summed E-state index contributed by atoms with van der Waals surface area (Å²) in [5, 5.41) is 8.10. The van der Waals surface area contributed by atoms with Crippen LogP contribution in [0, 0.1) is 11.3 Å². The number of carbonyl (C=O) groups excluding carboxylic acids is 1. The molecule has 0 atom stereocenters. The number of nitriles is 1. The van der Waals surface area contributed by atoms with Gasteiger partial charge in [-0.05, 0) is 23.7 Å². The van der Waals surface area contributed by atoms with E-state index in [1.165, 1.54) is 12.4 Å². The number of halogens is 1. The van der Waals surface area contributed by atoms with Crippen molar-refractivity contribution in [3.63, 3.8) is 0 Å². The molecule has 0 saturated carbocycles. The molecule has 2 aromatic rings. The van der Waals surface area contributed by atoms with Crippen LogP contribution in [0.1, 0.15) is 15.9 Å². The van der Waals surface area contributed by atoms with E-state index in [0.717, 1.165) is 0 Å². The molecular formula is C9H4ClN3O. The van der Waals surface area contributed by atoms with Crippen molar-refractivity contribution in [2.24, 2.45) is 0 Å². The topological polar surface area (TPSA) is 69.5 Å². The molecule has 1 aromatic heterocycles. The van der Waals surface area contributed by atoms with Crippen molar-refractivity contribution >= 4 is 27.9 Å². The van der Waals surface area contributed by atoms with E-state index in [1.807, 2.05) is 6.07 Å². The predicted molar refractivity (Wildman–Crippen MR) is 51.0 cm³/mol. The van der Waals surface area contributed by atoms with E-state index in [-0.39, 0.29) is 11.1 Å². The van der Waals surface area contributed by atoms with Crippen LogP contribution >= 0.6 is 11.6 Å². The van der Waals surface area contributed by atoms with Gasteiger partial charge in [0.1, 0.15) is 11.6 Å². The summed E-state index contributed by atoms with van der Waals surface area (Å²) in [6, 6.07) is 5.12. The molecule has 14 heavy (non-hydrogen) atoms. The van der Waals surface area contributed by atoms with Gasteiger partial charge in [-0.3, -0.25) is 4.79 Å². The summed E-state index contributed by atoms with van der Waals surface area (Å²) >= 11 is 5.38. The van der Waals surface area contributed by atoms with E-state index < -0.39 is 5.24 Å². The maximum Gasteiger partial charge on any atom is 0.255 e. The van der Waals surface area contributed by atoms with Crippen LogP contribution in [0.5, 0.6) is 0 Å². The molecule has 0 radical (unpaired) electrons. The second-order valence-electron chi connectivity index (χ2n) is 2.67. The molecule has 4 nitrogen and oxygen atoms in total. The van der Waals surface area contributed by atoms with Gasteiger partial charge in [-0.15, -0.1) is 0 Å². The number of carbonyl (C=O) groups is 1. The summed E-state index contributed by atoms with van der Waals surface area (Å²) in [5.74, 6) is 0. The predicted octanol–water partition coefficient (Wildman–Crippen LogP) is 1.81. The van der Waals surface area contributed by atoms with Gasteiger partial charge in [0.25, 0.3) is 5.24 Å². The number of aromatic amines is 1. The Labute approximate surface area is 84.1 Å².